The number of ether oxygens (including phenoxy) is 2. The monoisotopic (exact) mass is 243 g/mol. The molecule has 0 saturated heterocycles. The summed E-state index contributed by atoms with van der Waals surface area (Å²) in [6, 6.07) is 7.35. The van der Waals surface area contributed by atoms with Crippen molar-refractivity contribution < 1.29 is 9.47 Å². The van der Waals surface area contributed by atoms with Gasteiger partial charge in [-0.15, -0.1) is 0 Å². The van der Waals surface area contributed by atoms with Gasteiger partial charge in [0, 0.05) is 24.7 Å². The van der Waals surface area contributed by atoms with Gasteiger partial charge in [-0.2, -0.15) is 0 Å². The van der Waals surface area contributed by atoms with Gasteiger partial charge in [0.25, 0.3) is 0 Å². The van der Waals surface area contributed by atoms with Crippen LogP contribution in [0.5, 0.6) is 5.75 Å². The standard InChI is InChI=1S/C12H18ClNO2/c13-11-3-5-12(6-4-11)16-10-2-9-15-8-1-7-14/h3-6H,1-2,7-10,14H2. The second-order valence-electron chi connectivity index (χ2n) is 3.41. The summed E-state index contributed by atoms with van der Waals surface area (Å²) in [5.41, 5.74) is 5.34. The highest BCUT2D eigenvalue weighted by atomic mass is 35.5. The molecule has 4 heteroatoms. The van der Waals surface area contributed by atoms with Gasteiger partial charge < -0.3 is 15.2 Å². The smallest absolute Gasteiger partial charge is 0.119 e. The second kappa shape index (κ2) is 8.39. The lowest BCUT2D eigenvalue weighted by Gasteiger charge is -2.06. The van der Waals surface area contributed by atoms with Gasteiger partial charge in [0.1, 0.15) is 5.75 Å². The molecule has 2 N–H and O–H groups in total. The normalized spacial score (nSPS) is 10.4. The van der Waals surface area contributed by atoms with Crippen molar-refractivity contribution in [1.82, 2.24) is 0 Å². The summed E-state index contributed by atoms with van der Waals surface area (Å²) in [7, 11) is 0. The van der Waals surface area contributed by atoms with Gasteiger partial charge in [-0.1, -0.05) is 11.6 Å². The molecule has 0 bridgehead atoms. The van der Waals surface area contributed by atoms with Crippen LogP contribution in [0.3, 0.4) is 0 Å². The Balaban J connectivity index is 2.01. The Morgan fingerprint density at radius 1 is 1.00 bits per heavy atom. The van der Waals surface area contributed by atoms with Gasteiger partial charge in [0.15, 0.2) is 0 Å². The molecule has 0 aliphatic heterocycles. The highest BCUT2D eigenvalue weighted by molar-refractivity contribution is 6.30. The van der Waals surface area contributed by atoms with Crippen LogP contribution in [0.1, 0.15) is 12.8 Å². The summed E-state index contributed by atoms with van der Waals surface area (Å²) >= 11 is 5.76. The first kappa shape index (κ1) is 13.3. The summed E-state index contributed by atoms with van der Waals surface area (Å²) in [5, 5.41) is 0.720. The molecule has 0 aromatic heterocycles. The number of benzene rings is 1. The molecule has 0 heterocycles. The summed E-state index contributed by atoms with van der Waals surface area (Å²) in [6.45, 7) is 2.79. The first-order chi connectivity index (χ1) is 7.83. The largest absolute Gasteiger partial charge is 0.494 e. The highest BCUT2D eigenvalue weighted by Gasteiger charge is 1.94. The number of hydrogen-bond acceptors (Lipinski definition) is 3. The van der Waals surface area contributed by atoms with Crippen molar-refractivity contribution in [3.8, 4) is 5.75 Å². The SMILES string of the molecule is NCCCOCCCOc1ccc(Cl)cc1. The Morgan fingerprint density at radius 2 is 1.69 bits per heavy atom. The Hall–Kier alpha value is -0.770. The first-order valence-electron chi connectivity index (χ1n) is 5.49. The molecule has 1 aromatic carbocycles. The average molecular weight is 244 g/mol. The molecule has 0 amide bonds. The first-order valence-corrected chi connectivity index (χ1v) is 5.87. The minimum atomic E-state index is 0.657. The highest BCUT2D eigenvalue weighted by Crippen LogP contribution is 2.15. The van der Waals surface area contributed by atoms with E-state index < -0.39 is 0 Å². The van der Waals surface area contributed by atoms with E-state index in [-0.39, 0.29) is 0 Å². The van der Waals surface area contributed by atoms with Crippen LogP contribution in [-0.4, -0.2) is 26.4 Å². The third-order valence-electron chi connectivity index (χ3n) is 2.01. The van der Waals surface area contributed by atoms with Crippen LogP contribution in [0.15, 0.2) is 24.3 Å². The fourth-order valence-electron chi connectivity index (χ4n) is 1.17. The number of nitrogens with two attached hydrogens (primary N) is 1. The molecule has 1 aromatic rings. The maximum Gasteiger partial charge on any atom is 0.119 e. The lowest BCUT2D eigenvalue weighted by atomic mass is 10.3. The molecule has 0 aliphatic rings. The van der Waals surface area contributed by atoms with E-state index in [9.17, 15) is 0 Å². The van der Waals surface area contributed by atoms with Crippen molar-refractivity contribution in [1.29, 1.82) is 0 Å². The number of hydrogen-bond donors (Lipinski definition) is 1. The van der Waals surface area contributed by atoms with Crippen molar-refractivity contribution in [2.24, 2.45) is 5.73 Å². The average Bonchev–Trinajstić information content (AvgIpc) is 2.30. The third-order valence-corrected chi connectivity index (χ3v) is 2.26. The zero-order valence-electron chi connectivity index (χ0n) is 9.32. The van der Waals surface area contributed by atoms with Crippen LogP contribution in [-0.2, 0) is 4.74 Å². The van der Waals surface area contributed by atoms with Crippen molar-refractivity contribution in [3.05, 3.63) is 29.3 Å². The van der Waals surface area contributed by atoms with Crippen molar-refractivity contribution in [3.63, 3.8) is 0 Å². The van der Waals surface area contributed by atoms with E-state index in [1.807, 2.05) is 24.3 Å². The van der Waals surface area contributed by atoms with E-state index in [4.69, 9.17) is 26.8 Å². The van der Waals surface area contributed by atoms with Crippen LogP contribution in [0.2, 0.25) is 5.02 Å². The van der Waals surface area contributed by atoms with Gasteiger partial charge >= 0.3 is 0 Å². The molecule has 0 aliphatic carbocycles. The van der Waals surface area contributed by atoms with Gasteiger partial charge in [-0.25, -0.2) is 0 Å². The van der Waals surface area contributed by atoms with Crippen molar-refractivity contribution >= 4 is 11.6 Å². The predicted molar refractivity (Wildman–Crippen MR) is 66.1 cm³/mol. The maximum absolute atomic E-state index is 5.76. The minimum absolute atomic E-state index is 0.657. The molecule has 0 saturated carbocycles. The maximum atomic E-state index is 5.76. The fraction of sp³-hybridized carbons (Fsp3) is 0.500. The summed E-state index contributed by atoms with van der Waals surface area (Å²) < 4.78 is 10.9. The molecule has 16 heavy (non-hydrogen) atoms. The molecule has 90 valence electrons. The van der Waals surface area contributed by atoms with Crippen LogP contribution < -0.4 is 10.5 Å². The Kier molecular flexibility index (Phi) is 6.97. The summed E-state index contributed by atoms with van der Waals surface area (Å²) in [6.07, 6.45) is 1.80. The molecule has 3 nitrogen and oxygen atoms in total. The molecule has 0 fully saturated rings. The van der Waals surface area contributed by atoms with Gasteiger partial charge in [0.05, 0.1) is 6.61 Å². The van der Waals surface area contributed by atoms with E-state index in [0.29, 0.717) is 19.8 Å². The minimum Gasteiger partial charge on any atom is -0.494 e. The zero-order chi connectivity index (χ0) is 11.6. The Morgan fingerprint density at radius 3 is 2.38 bits per heavy atom. The lowest BCUT2D eigenvalue weighted by Crippen LogP contribution is -2.07. The molecular formula is C12H18ClNO2. The van der Waals surface area contributed by atoms with Crippen LogP contribution in [0.25, 0.3) is 0 Å². The molecule has 0 spiro atoms. The van der Waals surface area contributed by atoms with E-state index in [1.54, 1.807) is 0 Å². The second-order valence-corrected chi connectivity index (χ2v) is 3.85. The van der Waals surface area contributed by atoms with E-state index in [1.165, 1.54) is 0 Å². The molecule has 0 atom stereocenters. The summed E-state index contributed by atoms with van der Waals surface area (Å²) in [5.74, 6) is 0.839. The van der Waals surface area contributed by atoms with Gasteiger partial charge in [-0.05, 0) is 37.2 Å². The van der Waals surface area contributed by atoms with Crippen molar-refractivity contribution in [2.45, 2.75) is 12.8 Å². The third kappa shape index (κ3) is 5.95. The molecular weight excluding hydrogens is 226 g/mol. The zero-order valence-corrected chi connectivity index (χ0v) is 10.1. The quantitative estimate of drug-likeness (QED) is 0.714. The van der Waals surface area contributed by atoms with Crippen LogP contribution in [0.4, 0.5) is 0 Å². The Labute approximate surface area is 101 Å². The van der Waals surface area contributed by atoms with Crippen LogP contribution >= 0.6 is 11.6 Å². The number of halogens is 1. The van der Waals surface area contributed by atoms with Crippen LogP contribution in [0, 0.1) is 0 Å². The van der Waals surface area contributed by atoms with E-state index in [2.05, 4.69) is 0 Å². The summed E-state index contributed by atoms with van der Waals surface area (Å²) in [4.78, 5) is 0. The van der Waals surface area contributed by atoms with Crippen molar-refractivity contribution in [2.75, 3.05) is 26.4 Å². The van der Waals surface area contributed by atoms with Gasteiger partial charge in [-0.3, -0.25) is 0 Å². The number of rotatable bonds is 8. The molecule has 0 unspecified atom stereocenters. The lowest BCUT2D eigenvalue weighted by molar-refractivity contribution is 0.118. The fourth-order valence-corrected chi connectivity index (χ4v) is 1.30. The van der Waals surface area contributed by atoms with Gasteiger partial charge in [0.2, 0.25) is 0 Å². The topological polar surface area (TPSA) is 44.5 Å². The Bertz CT molecular complexity index is 277. The van der Waals surface area contributed by atoms with E-state index in [0.717, 1.165) is 30.2 Å². The van der Waals surface area contributed by atoms with E-state index >= 15 is 0 Å². The molecule has 1 rings (SSSR count). The molecule has 0 radical (unpaired) electrons. The predicted octanol–water partition coefficient (Wildman–Crippen LogP) is 2.47.